The van der Waals surface area contributed by atoms with Gasteiger partial charge in [-0.3, -0.25) is 9.69 Å². The minimum Gasteiger partial charge on any atom is -0.322 e. The molecule has 2 amide bonds. The van der Waals surface area contributed by atoms with E-state index in [0.29, 0.717) is 54.5 Å². The number of piperazine rings is 1. The van der Waals surface area contributed by atoms with Gasteiger partial charge in [-0.05, 0) is 36.8 Å². The van der Waals surface area contributed by atoms with Crippen molar-refractivity contribution in [2.75, 3.05) is 31.5 Å². The second-order valence-electron chi connectivity index (χ2n) is 7.18. The minimum absolute atomic E-state index is 0.125. The van der Waals surface area contributed by atoms with Crippen LogP contribution < -0.4 is 10.9 Å². The Morgan fingerprint density at radius 2 is 1.93 bits per heavy atom. The Hall–Kier alpha value is -2.90. The third kappa shape index (κ3) is 4.41. The topological polar surface area (TPSA) is 81.3 Å². The highest BCUT2D eigenvalue weighted by Gasteiger charge is 2.22. The lowest BCUT2D eigenvalue weighted by molar-refractivity contribution is 0.141. The highest BCUT2D eigenvalue weighted by Crippen LogP contribution is 2.21. The number of hydrogen-bond acceptors (Lipinski definition) is 4. The molecule has 0 bridgehead atoms. The first-order valence-electron chi connectivity index (χ1n) is 9.52. The van der Waals surface area contributed by atoms with Crippen LogP contribution in [0.15, 0.2) is 47.3 Å². The Morgan fingerprint density at radius 1 is 1.17 bits per heavy atom. The fraction of sp³-hybridized carbons (Fsp3) is 0.286. The Kier molecular flexibility index (Phi) is 5.51. The SMILES string of the molecule is Cc1ccc(Cl)cc1NC(=O)N1CCN(Cc2nc3ccccc3c(=O)[nH]2)CC1. The number of nitrogens with one attached hydrogen (secondary N) is 2. The lowest BCUT2D eigenvalue weighted by Crippen LogP contribution is -2.49. The van der Waals surface area contributed by atoms with Gasteiger partial charge in [0.25, 0.3) is 5.56 Å². The van der Waals surface area contributed by atoms with E-state index in [1.54, 1.807) is 23.1 Å². The summed E-state index contributed by atoms with van der Waals surface area (Å²) in [6.07, 6.45) is 0. The van der Waals surface area contributed by atoms with Crippen LogP contribution >= 0.6 is 11.6 Å². The van der Waals surface area contributed by atoms with Crippen LogP contribution in [-0.4, -0.2) is 52.0 Å². The van der Waals surface area contributed by atoms with Crippen molar-refractivity contribution in [2.45, 2.75) is 13.5 Å². The number of benzene rings is 2. The summed E-state index contributed by atoms with van der Waals surface area (Å²) in [5.74, 6) is 0.640. The van der Waals surface area contributed by atoms with Crippen LogP contribution in [0.25, 0.3) is 10.9 Å². The maximum Gasteiger partial charge on any atom is 0.321 e. The van der Waals surface area contributed by atoms with Gasteiger partial charge in [-0.1, -0.05) is 29.8 Å². The van der Waals surface area contributed by atoms with Crippen LogP contribution in [0.2, 0.25) is 5.02 Å². The zero-order valence-electron chi connectivity index (χ0n) is 16.1. The molecule has 2 aromatic carbocycles. The lowest BCUT2D eigenvalue weighted by atomic mass is 10.2. The van der Waals surface area contributed by atoms with E-state index in [9.17, 15) is 9.59 Å². The molecule has 0 spiro atoms. The standard InChI is InChI=1S/C21H22ClN5O2/c1-14-6-7-15(22)12-18(14)24-21(29)27-10-8-26(9-11-27)13-19-23-17-5-3-2-4-16(17)20(28)25-19/h2-7,12H,8-11,13H2,1H3,(H,24,29)(H,23,25,28). The molecule has 2 heterocycles. The predicted octanol–water partition coefficient (Wildman–Crippen LogP) is 3.23. The van der Waals surface area contributed by atoms with Crippen molar-refractivity contribution in [1.29, 1.82) is 0 Å². The van der Waals surface area contributed by atoms with E-state index in [1.807, 2.05) is 31.2 Å². The van der Waals surface area contributed by atoms with Crippen LogP contribution in [0.4, 0.5) is 10.5 Å². The highest BCUT2D eigenvalue weighted by atomic mass is 35.5. The summed E-state index contributed by atoms with van der Waals surface area (Å²) >= 11 is 6.03. The summed E-state index contributed by atoms with van der Waals surface area (Å²) < 4.78 is 0. The second kappa shape index (κ2) is 8.23. The quantitative estimate of drug-likeness (QED) is 0.693. The monoisotopic (exact) mass is 411 g/mol. The van der Waals surface area contributed by atoms with Gasteiger partial charge in [-0.2, -0.15) is 0 Å². The number of halogens is 1. The molecule has 3 aromatic rings. The van der Waals surface area contributed by atoms with Gasteiger partial charge in [0.2, 0.25) is 0 Å². The number of anilines is 1. The number of carbonyl (C=O) groups is 1. The van der Waals surface area contributed by atoms with Crippen LogP contribution in [-0.2, 0) is 6.54 Å². The van der Waals surface area contributed by atoms with E-state index >= 15 is 0 Å². The molecule has 29 heavy (non-hydrogen) atoms. The van der Waals surface area contributed by atoms with Crippen LogP contribution in [0.1, 0.15) is 11.4 Å². The van der Waals surface area contributed by atoms with Gasteiger partial charge in [-0.15, -0.1) is 0 Å². The molecule has 150 valence electrons. The number of amides is 2. The van der Waals surface area contributed by atoms with Crippen molar-refractivity contribution in [3.8, 4) is 0 Å². The Balaban J connectivity index is 1.36. The number of hydrogen-bond donors (Lipinski definition) is 2. The van der Waals surface area contributed by atoms with Gasteiger partial charge in [0.05, 0.1) is 17.4 Å². The van der Waals surface area contributed by atoms with Crippen molar-refractivity contribution in [2.24, 2.45) is 0 Å². The van der Waals surface area contributed by atoms with E-state index in [4.69, 9.17) is 11.6 Å². The number of aryl methyl sites for hydroxylation is 1. The fourth-order valence-electron chi connectivity index (χ4n) is 3.45. The summed E-state index contributed by atoms with van der Waals surface area (Å²) in [6.45, 7) is 5.09. The number of urea groups is 1. The number of aromatic amines is 1. The average molecular weight is 412 g/mol. The number of nitrogens with zero attached hydrogens (tertiary/aromatic N) is 3. The average Bonchev–Trinajstić information content (AvgIpc) is 2.71. The number of rotatable bonds is 3. The van der Waals surface area contributed by atoms with Gasteiger partial charge in [0, 0.05) is 36.9 Å². The van der Waals surface area contributed by atoms with E-state index in [0.717, 1.165) is 11.3 Å². The molecule has 0 atom stereocenters. The maximum atomic E-state index is 12.6. The third-order valence-electron chi connectivity index (χ3n) is 5.14. The zero-order valence-corrected chi connectivity index (χ0v) is 16.9. The van der Waals surface area contributed by atoms with Crippen LogP contribution in [0, 0.1) is 6.92 Å². The van der Waals surface area contributed by atoms with Crippen molar-refractivity contribution < 1.29 is 4.79 Å². The molecule has 0 aliphatic carbocycles. The number of carbonyl (C=O) groups excluding carboxylic acids is 1. The van der Waals surface area contributed by atoms with Crippen molar-refractivity contribution in [3.63, 3.8) is 0 Å². The van der Waals surface area contributed by atoms with Gasteiger partial charge in [-0.25, -0.2) is 9.78 Å². The normalized spacial score (nSPS) is 14.9. The lowest BCUT2D eigenvalue weighted by Gasteiger charge is -2.34. The smallest absolute Gasteiger partial charge is 0.321 e. The van der Waals surface area contributed by atoms with Crippen LogP contribution in [0.5, 0.6) is 0 Å². The van der Waals surface area contributed by atoms with Crippen LogP contribution in [0.3, 0.4) is 0 Å². The molecule has 8 heteroatoms. The summed E-state index contributed by atoms with van der Waals surface area (Å²) in [5, 5.41) is 4.12. The number of aromatic nitrogens is 2. The maximum absolute atomic E-state index is 12.6. The predicted molar refractivity (Wildman–Crippen MR) is 114 cm³/mol. The summed E-state index contributed by atoms with van der Waals surface area (Å²) in [6, 6.07) is 12.6. The van der Waals surface area contributed by atoms with E-state index in [1.165, 1.54) is 0 Å². The van der Waals surface area contributed by atoms with Gasteiger partial charge >= 0.3 is 6.03 Å². The molecule has 0 saturated carbocycles. The highest BCUT2D eigenvalue weighted by molar-refractivity contribution is 6.31. The first kappa shape index (κ1) is 19.4. The molecular formula is C21H22ClN5O2. The van der Waals surface area contributed by atoms with E-state index in [2.05, 4.69) is 20.2 Å². The minimum atomic E-state index is -0.132. The zero-order chi connectivity index (χ0) is 20.4. The molecule has 1 aromatic heterocycles. The van der Waals surface area contributed by atoms with Crippen molar-refractivity contribution in [1.82, 2.24) is 19.8 Å². The summed E-state index contributed by atoms with van der Waals surface area (Å²) in [4.78, 5) is 36.2. The largest absolute Gasteiger partial charge is 0.322 e. The molecule has 4 rings (SSSR count). The first-order chi connectivity index (χ1) is 14.0. The number of fused-ring (bicyclic) bond motifs is 1. The second-order valence-corrected chi connectivity index (χ2v) is 7.62. The Bertz CT molecular complexity index is 1110. The molecule has 0 unspecified atom stereocenters. The van der Waals surface area contributed by atoms with Crippen molar-refractivity contribution >= 4 is 34.2 Å². The third-order valence-corrected chi connectivity index (χ3v) is 5.37. The van der Waals surface area contributed by atoms with Crippen molar-refractivity contribution in [3.05, 3.63) is 69.2 Å². The Labute approximate surface area is 173 Å². The molecule has 0 radical (unpaired) electrons. The fourth-order valence-corrected chi connectivity index (χ4v) is 3.63. The first-order valence-corrected chi connectivity index (χ1v) is 9.90. The number of para-hydroxylation sites is 1. The Morgan fingerprint density at radius 3 is 2.72 bits per heavy atom. The van der Waals surface area contributed by atoms with Gasteiger partial charge in [0.1, 0.15) is 5.82 Å². The van der Waals surface area contributed by atoms with E-state index in [-0.39, 0.29) is 11.6 Å². The summed E-state index contributed by atoms with van der Waals surface area (Å²) in [7, 11) is 0. The molecule has 1 aliphatic heterocycles. The van der Waals surface area contributed by atoms with Gasteiger partial charge < -0.3 is 15.2 Å². The molecule has 1 saturated heterocycles. The summed E-state index contributed by atoms with van der Waals surface area (Å²) in [5.41, 5.74) is 2.26. The number of H-pyrrole nitrogens is 1. The molecular weight excluding hydrogens is 390 g/mol. The molecule has 2 N–H and O–H groups in total. The molecule has 1 aliphatic rings. The van der Waals surface area contributed by atoms with Gasteiger partial charge in [0.15, 0.2) is 0 Å². The molecule has 1 fully saturated rings. The molecule has 7 nitrogen and oxygen atoms in total. The van der Waals surface area contributed by atoms with E-state index < -0.39 is 0 Å².